The molecule has 6 heteroatoms. The molecule has 0 saturated heterocycles. The molecule has 0 aromatic carbocycles. The van der Waals surface area contributed by atoms with E-state index in [-0.39, 0.29) is 6.42 Å². The number of carbonyl (C=O) groups is 1. The number of hydrogen-bond donors (Lipinski definition) is 1. The van der Waals surface area contributed by atoms with Crippen LogP contribution in [0.2, 0.25) is 0 Å². The van der Waals surface area contributed by atoms with Crippen LogP contribution < -0.4 is 5.73 Å². The van der Waals surface area contributed by atoms with Crippen LogP contribution in [0.3, 0.4) is 0 Å². The van der Waals surface area contributed by atoms with E-state index in [9.17, 15) is 13.6 Å². The highest BCUT2D eigenvalue weighted by molar-refractivity contribution is 5.81. The molecule has 1 fully saturated rings. The van der Waals surface area contributed by atoms with E-state index in [1.807, 2.05) is 0 Å². The third-order valence-electron chi connectivity index (χ3n) is 2.65. The summed E-state index contributed by atoms with van der Waals surface area (Å²) < 4.78 is 35.3. The molecular weight excluding hydrogens is 196 g/mol. The first-order valence-electron chi connectivity index (χ1n) is 4.13. The molecule has 1 rings (SSSR count). The number of nitrogens with two attached hydrogens (primary N) is 1. The van der Waals surface area contributed by atoms with Gasteiger partial charge in [-0.05, 0) is 6.42 Å². The second kappa shape index (κ2) is 3.78. The Morgan fingerprint density at radius 1 is 1.43 bits per heavy atom. The zero-order chi connectivity index (χ0) is 10.9. The van der Waals surface area contributed by atoms with Gasteiger partial charge >= 0.3 is 0 Å². The smallest absolute Gasteiger partial charge is 0.221 e. The first-order chi connectivity index (χ1) is 6.50. The Kier molecular flexibility index (Phi) is 3.06. The lowest BCUT2D eigenvalue weighted by atomic mass is 10.0. The van der Waals surface area contributed by atoms with Crippen LogP contribution in [0, 0.1) is 11.3 Å². The van der Waals surface area contributed by atoms with Gasteiger partial charge in [-0.3, -0.25) is 4.79 Å². The molecule has 0 radical (unpaired) electrons. The maximum absolute atomic E-state index is 13.3. The van der Waals surface area contributed by atoms with Crippen LogP contribution >= 0.6 is 0 Å². The number of amides is 1. The van der Waals surface area contributed by atoms with E-state index in [2.05, 4.69) is 9.47 Å². The van der Waals surface area contributed by atoms with Crippen LogP contribution in [0.5, 0.6) is 0 Å². The number of halogens is 2. The summed E-state index contributed by atoms with van der Waals surface area (Å²) in [6.07, 6.45) is -3.74. The lowest BCUT2D eigenvalue weighted by molar-refractivity contribution is -0.164. The average molecular weight is 209 g/mol. The zero-order valence-electron chi connectivity index (χ0n) is 8.00. The predicted molar refractivity (Wildman–Crippen MR) is 43.5 cm³/mol. The largest absolute Gasteiger partial charge is 0.369 e. The van der Waals surface area contributed by atoms with Gasteiger partial charge in [0.1, 0.15) is 0 Å². The molecule has 1 aliphatic carbocycles. The van der Waals surface area contributed by atoms with Crippen LogP contribution in [-0.2, 0) is 14.3 Å². The van der Waals surface area contributed by atoms with Crippen molar-refractivity contribution in [3.05, 3.63) is 0 Å². The van der Waals surface area contributed by atoms with Crippen LogP contribution in [0.4, 0.5) is 8.78 Å². The molecule has 0 aromatic rings. The molecule has 1 amide bonds. The summed E-state index contributed by atoms with van der Waals surface area (Å²) in [5, 5.41) is 0. The van der Waals surface area contributed by atoms with Gasteiger partial charge < -0.3 is 15.2 Å². The van der Waals surface area contributed by atoms with Crippen LogP contribution in [0.25, 0.3) is 0 Å². The van der Waals surface area contributed by atoms with Gasteiger partial charge in [-0.25, -0.2) is 8.78 Å². The molecule has 0 aromatic heterocycles. The fourth-order valence-corrected chi connectivity index (χ4v) is 1.70. The molecule has 3 atom stereocenters. The number of carbonyl (C=O) groups excluding carboxylic acids is 1. The Morgan fingerprint density at radius 2 is 1.86 bits per heavy atom. The van der Waals surface area contributed by atoms with Gasteiger partial charge in [0, 0.05) is 14.2 Å². The van der Waals surface area contributed by atoms with Crippen molar-refractivity contribution < 1.29 is 23.0 Å². The maximum atomic E-state index is 13.3. The molecular formula is C8H13F2NO3. The van der Waals surface area contributed by atoms with Crippen LogP contribution in [0.1, 0.15) is 6.42 Å². The quantitative estimate of drug-likeness (QED) is 0.711. The molecule has 0 bridgehead atoms. The third-order valence-corrected chi connectivity index (χ3v) is 2.65. The standard InChI is InChI=1S/C8H13F2NO3/c1-13-6(9)8(7(10)14-2)3-4(8)5(11)12/h4,6-7H,3H2,1-2H3,(H2,11,12). The molecule has 1 aliphatic rings. The van der Waals surface area contributed by atoms with E-state index in [0.29, 0.717) is 0 Å². The lowest BCUT2D eigenvalue weighted by Crippen LogP contribution is -2.35. The van der Waals surface area contributed by atoms with Gasteiger partial charge in [-0.1, -0.05) is 0 Å². The summed E-state index contributed by atoms with van der Waals surface area (Å²) in [7, 11) is 2.20. The number of methoxy groups -OCH3 is 2. The highest BCUT2D eigenvalue weighted by Crippen LogP contribution is 2.59. The van der Waals surface area contributed by atoms with Crippen molar-refractivity contribution in [2.45, 2.75) is 19.1 Å². The van der Waals surface area contributed by atoms with Gasteiger partial charge in [0.2, 0.25) is 18.6 Å². The van der Waals surface area contributed by atoms with Crippen molar-refractivity contribution in [1.29, 1.82) is 0 Å². The van der Waals surface area contributed by atoms with E-state index in [1.165, 1.54) is 0 Å². The molecule has 1 saturated carbocycles. The van der Waals surface area contributed by atoms with E-state index in [1.54, 1.807) is 0 Å². The summed E-state index contributed by atoms with van der Waals surface area (Å²) in [6.45, 7) is 0. The number of primary amides is 1. The summed E-state index contributed by atoms with van der Waals surface area (Å²) in [6, 6.07) is 0. The second-order valence-corrected chi connectivity index (χ2v) is 3.37. The van der Waals surface area contributed by atoms with E-state index >= 15 is 0 Å². The fraction of sp³-hybridized carbons (Fsp3) is 0.875. The molecule has 0 heterocycles. The summed E-state index contributed by atoms with van der Waals surface area (Å²) in [5.74, 6) is -1.59. The first kappa shape index (κ1) is 11.3. The predicted octanol–water partition coefficient (Wildman–Crippen LogP) is 0.362. The minimum Gasteiger partial charge on any atom is -0.369 e. The molecule has 3 unspecified atom stereocenters. The van der Waals surface area contributed by atoms with Crippen LogP contribution in [-0.4, -0.2) is 32.8 Å². The molecule has 0 spiro atoms. The number of hydrogen-bond acceptors (Lipinski definition) is 3. The number of alkyl halides is 2. The van der Waals surface area contributed by atoms with Gasteiger partial charge in [-0.15, -0.1) is 0 Å². The van der Waals surface area contributed by atoms with Crippen molar-refractivity contribution in [1.82, 2.24) is 0 Å². The molecule has 4 nitrogen and oxygen atoms in total. The van der Waals surface area contributed by atoms with Gasteiger partial charge in [0.15, 0.2) is 0 Å². The average Bonchev–Trinajstić information content (AvgIpc) is 2.91. The fourth-order valence-electron chi connectivity index (χ4n) is 1.70. The van der Waals surface area contributed by atoms with Crippen molar-refractivity contribution in [2.24, 2.45) is 17.1 Å². The Bertz CT molecular complexity index is 227. The normalized spacial score (nSPS) is 35.0. The Morgan fingerprint density at radius 3 is 2.07 bits per heavy atom. The molecule has 2 N–H and O–H groups in total. The SMILES string of the molecule is COC(F)C1(C(F)OC)CC1C(N)=O. The number of ether oxygens (including phenoxy) is 2. The van der Waals surface area contributed by atoms with Crippen molar-refractivity contribution in [3.63, 3.8) is 0 Å². The molecule has 0 aliphatic heterocycles. The van der Waals surface area contributed by atoms with Gasteiger partial charge in [0.25, 0.3) is 0 Å². The van der Waals surface area contributed by atoms with E-state index < -0.39 is 30.0 Å². The zero-order valence-corrected chi connectivity index (χ0v) is 8.00. The lowest BCUT2D eigenvalue weighted by Gasteiger charge is -2.22. The highest BCUT2D eigenvalue weighted by Gasteiger charge is 2.69. The second-order valence-electron chi connectivity index (χ2n) is 3.37. The maximum Gasteiger partial charge on any atom is 0.221 e. The Hall–Kier alpha value is -0.750. The highest BCUT2D eigenvalue weighted by atomic mass is 19.2. The van der Waals surface area contributed by atoms with Gasteiger partial charge in [-0.2, -0.15) is 0 Å². The molecule has 82 valence electrons. The van der Waals surface area contributed by atoms with E-state index in [4.69, 9.17) is 5.73 Å². The minimum atomic E-state index is -1.88. The summed E-state index contributed by atoms with van der Waals surface area (Å²) >= 11 is 0. The van der Waals surface area contributed by atoms with Crippen LogP contribution in [0.15, 0.2) is 0 Å². The minimum absolute atomic E-state index is 0.0202. The monoisotopic (exact) mass is 209 g/mol. The van der Waals surface area contributed by atoms with Crippen molar-refractivity contribution in [2.75, 3.05) is 14.2 Å². The number of rotatable bonds is 5. The Labute approximate surface area is 80.3 Å². The van der Waals surface area contributed by atoms with Gasteiger partial charge in [0.05, 0.1) is 11.3 Å². The van der Waals surface area contributed by atoms with E-state index in [0.717, 1.165) is 14.2 Å². The molecule has 14 heavy (non-hydrogen) atoms. The van der Waals surface area contributed by atoms with Crippen molar-refractivity contribution >= 4 is 5.91 Å². The first-order valence-corrected chi connectivity index (χ1v) is 4.13. The summed E-state index contributed by atoms with van der Waals surface area (Å²) in [4.78, 5) is 10.8. The topological polar surface area (TPSA) is 61.6 Å². The third kappa shape index (κ3) is 1.48. The summed E-state index contributed by atoms with van der Waals surface area (Å²) in [5.41, 5.74) is 3.43. The van der Waals surface area contributed by atoms with Crippen molar-refractivity contribution in [3.8, 4) is 0 Å². The Balaban J connectivity index is 2.80.